The van der Waals surface area contributed by atoms with Gasteiger partial charge in [-0.1, -0.05) is 132 Å². The van der Waals surface area contributed by atoms with E-state index < -0.39 is 42.1 Å². The third-order valence-electron chi connectivity index (χ3n) is 16.6. The fourth-order valence-electron chi connectivity index (χ4n) is 11.2. The Morgan fingerprint density at radius 1 is 0.342 bits per heavy atom. The minimum Gasteiger partial charge on any atom is -0.399 e. The number of hydrogen-bond acceptors (Lipinski definition) is 6. The van der Waals surface area contributed by atoms with Crippen LogP contribution in [0.3, 0.4) is 0 Å². The number of fused-ring (bicyclic) bond motifs is 3. The molecule has 8 aromatic carbocycles. The Balaban J connectivity index is 1.11. The van der Waals surface area contributed by atoms with E-state index in [1.165, 1.54) is 55.6 Å². The summed E-state index contributed by atoms with van der Waals surface area (Å²) in [5.41, 5.74) is 18.2. The van der Waals surface area contributed by atoms with E-state index in [1.54, 1.807) is 0 Å². The standard InChI is InChI=1S/C65H66B2N2O4/c1-43-23-37-59(45(3)39-43)68(51-29-25-49(26-30-51)66-70-61(5,6)62(7,8)71-66)53-33-35-57-55(41-53)56-42-54(34-36-58(56)65(57,47-19-15-13-16-20-47)48-21-17-14-18-22-48)69(60-38-24-44(2)40-46(60)4)52-31-27-50(28-32-52)67-72-63(9,10)64(11,12)73-67/h13-42H,1-12H3. The van der Waals surface area contributed by atoms with Crippen molar-refractivity contribution in [2.45, 2.75) is 111 Å². The number of anilines is 6. The van der Waals surface area contributed by atoms with Crippen molar-refractivity contribution in [3.8, 4) is 11.1 Å². The van der Waals surface area contributed by atoms with Gasteiger partial charge >= 0.3 is 14.2 Å². The Hall–Kier alpha value is -6.67. The summed E-state index contributed by atoms with van der Waals surface area (Å²) in [6, 6.07) is 67.3. The Morgan fingerprint density at radius 3 is 1.00 bits per heavy atom. The molecule has 8 heteroatoms. The lowest BCUT2D eigenvalue weighted by Gasteiger charge is -2.34. The molecular weight excluding hydrogens is 894 g/mol. The van der Waals surface area contributed by atoms with Gasteiger partial charge in [0.1, 0.15) is 0 Å². The topological polar surface area (TPSA) is 43.4 Å². The summed E-state index contributed by atoms with van der Waals surface area (Å²) in [6.07, 6.45) is 0. The van der Waals surface area contributed by atoms with Gasteiger partial charge in [0.25, 0.3) is 0 Å². The van der Waals surface area contributed by atoms with Crippen LogP contribution in [-0.2, 0) is 24.0 Å². The second-order valence-corrected chi connectivity index (χ2v) is 22.6. The summed E-state index contributed by atoms with van der Waals surface area (Å²) in [6.45, 7) is 25.6. The van der Waals surface area contributed by atoms with Crippen LogP contribution in [0.4, 0.5) is 34.1 Å². The largest absolute Gasteiger partial charge is 0.494 e. The van der Waals surface area contributed by atoms with Gasteiger partial charge in [-0.2, -0.15) is 0 Å². The molecule has 8 aromatic rings. The Morgan fingerprint density at radius 2 is 0.671 bits per heavy atom. The van der Waals surface area contributed by atoms with Gasteiger partial charge in [-0.05, 0) is 199 Å². The minimum absolute atomic E-state index is 0.438. The van der Waals surface area contributed by atoms with Gasteiger partial charge in [0.2, 0.25) is 0 Å². The molecule has 0 unspecified atom stereocenters. The van der Waals surface area contributed by atoms with Crippen LogP contribution in [0.15, 0.2) is 182 Å². The smallest absolute Gasteiger partial charge is 0.399 e. The molecule has 0 atom stereocenters. The number of nitrogens with zero attached hydrogens (tertiary/aromatic N) is 2. The summed E-state index contributed by atoms with van der Waals surface area (Å²) < 4.78 is 26.1. The minimum atomic E-state index is -0.603. The monoisotopic (exact) mass is 961 g/mol. The summed E-state index contributed by atoms with van der Waals surface area (Å²) in [4.78, 5) is 4.81. The van der Waals surface area contributed by atoms with Crippen molar-refractivity contribution in [1.82, 2.24) is 0 Å². The number of benzene rings is 8. The number of hydrogen-bond donors (Lipinski definition) is 0. The molecule has 2 heterocycles. The van der Waals surface area contributed by atoms with E-state index >= 15 is 0 Å². The molecule has 1 aliphatic carbocycles. The molecule has 366 valence electrons. The molecule has 0 saturated carbocycles. The average Bonchev–Trinajstić information content (AvgIpc) is 3.88. The van der Waals surface area contributed by atoms with Crippen molar-refractivity contribution in [3.05, 3.63) is 226 Å². The molecule has 11 rings (SSSR count). The van der Waals surface area contributed by atoms with E-state index in [2.05, 4.69) is 275 Å². The Bertz CT molecular complexity index is 3110. The molecule has 2 saturated heterocycles. The van der Waals surface area contributed by atoms with Gasteiger partial charge in [0.05, 0.1) is 27.8 Å². The first kappa shape index (κ1) is 48.6. The zero-order valence-electron chi connectivity index (χ0n) is 44.5. The van der Waals surface area contributed by atoms with Crippen LogP contribution in [0.2, 0.25) is 0 Å². The van der Waals surface area contributed by atoms with E-state index in [1.807, 2.05) is 0 Å². The first-order valence-electron chi connectivity index (χ1n) is 25.8. The summed E-state index contributed by atoms with van der Waals surface area (Å²) >= 11 is 0. The molecule has 0 bridgehead atoms. The molecular formula is C65H66B2N2O4. The Kier molecular flexibility index (Phi) is 11.8. The fraction of sp³-hybridized carbons (Fsp3) is 0.262. The van der Waals surface area contributed by atoms with Crippen LogP contribution < -0.4 is 20.7 Å². The molecule has 2 aliphatic heterocycles. The van der Waals surface area contributed by atoms with Crippen molar-refractivity contribution in [3.63, 3.8) is 0 Å². The maximum absolute atomic E-state index is 6.51. The molecule has 3 aliphatic rings. The normalized spacial score (nSPS) is 17.6. The molecule has 2 fully saturated rings. The van der Waals surface area contributed by atoms with Crippen molar-refractivity contribution >= 4 is 59.3 Å². The van der Waals surface area contributed by atoms with Gasteiger partial charge in [0.15, 0.2) is 0 Å². The Labute approximate surface area is 434 Å². The van der Waals surface area contributed by atoms with Crippen molar-refractivity contribution < 1.29 is 18.6 Å². The quantitative estimate of drug-likeness (QED) is 0.127. The van der Waals surface area contributed by atoms with Crippen molar-refractivity contribution in [2.75, 3.05) is 9.80 Å². The summed E-state index contributed by atoms with van der Waals surface area (Å²) in [5, 5.41) is 0. The summed E-state index contributed by atoms with van der Waals surface area (Å²) in [7, 11) is -0.917. The molecule has 0 N–H and O–H groups in total. The van der Waals surface area contributed by atoms with Gasteiger partial charge < -0.3 is 28.4 Å². The molecule has 0 radical (unpaired) electrons. The SMILES string of the molecule is Cc1ccc(N(c2ccc(B3OC(C)(C)C(C)(C)O3)cc2)c2ccc3c(c2)-c2cc(N(c4ccc(B5OC(C)(C)C(C)(C)O5)cc4)c4ccc(C)cc4C)ccc2C3(c2ccccc2)c2ccccc2)c(C)c1. The van der Waals surface area contributed by atoms with E-state index in [0.717, 1.165) is 45.0 Å². The highest BCUT2D eigenvalue weighted by atomic mass is 16.7. The fourth-order valence-corrected chi connectivity index (χ4v) is 11.2. The van der Waals surface area contributed by atoms with E-state index in [0.29, 0.717) is 0 Å². The van der Waals surface area contributed by atoms with Crippen LogP contribution in [-0.4, -0.2) is 36.6 Å². The van der Waals surface area contributed by atoms with Crippen LogP contribution >= 0.6 is 0 Å². The van der Waals surface area contributed by atoms with Gasteiger partial charge in [0, 0.05) is 34.1 Å². The molecule has 0 amide bonds. The van der Waals surface area contributed by atoms with Gasteiger partial charge in [-0.15, -0.1) is 0 Å². The predicted molar refractivity (Wildman–Crippen MR) is 303 cm³/mol. The second-order valence-electron chi connectivity index (χ2n) is 22.6. The zero-order valence-corrected chi connectivity index (χ0v) is 44.5. The first-order valence-corrected chi connectivity index (χ1v) is 25.8. The van der Waals surface area contributed by atoms with Crippen molar-refractivity contribution in [1.29, 1.82) is 0 Å². The second kappa shape index (κ2) is 17.8. The number of rotatable bonds is 10. The molecule has 0 spiro atoms. The van der Waals surface area contributed by atoms with Gasteiger partial charge in [-0.3, -0.25) is 0 Å². The predicted octanol–water partition coefficient (Wildman–Crippen LogP) is 14.8. The third kappa shape index (κ3) is 8.15. The highest BCUT2D eigenvalue weighted by Crippen LogP contribution is 2.58. The molecule has 6 nitrogen and oxygen atoms in total. The molecule has 73 heavy (non-hydrogen) atoms. The van der Waals surface area contributed by atoms with Crippen LogP contribution in [0.25, 0.3) is 11.1 Å². The van der Waals surface area contributed by atoms with Gasteiger partial charge in [-0.25, -0.2) is 0 Å². The van der Waals surface area contributed by atoms with Crippen LogP contribution in [0.5, 0.6) is 0 Å². The maximum atomic E-state index is 6.51. The van der Waals surface area contributed by atoms with Crippen molar-refractivity contribution in [2.24, 2.45) is 0 Å². The third-order valence-corrected chi connectivity index (χ3v) is 16.6. The van der Waals surface area contributed by atoms with E-state index in [4.69, 9.17) is 18.6 Å². The lowest BCUT2D eigenvalue weighted by atomic mass is 9.67. The van der Waals surface area contributed by atoms with E-state index in [9.17, 15) is 0 Å². The first-order chi connectivity index (χ1) is 34.8. The maximum Gasteiger partial charge on any atom is 0.494 e. The lowest BCUT2D eigenvalue weighted by Crippen LogP contribution is -2.41. The highest BCUT2D eigenvalue weighted by molar-refractivity contribution is 6.62. The average molecular weight is 961 g/mol. The highest BCUT2D eigenvalue weighted by Gasteiger charge is 2.53. The van der Waals surface area contributed by atoms with E-state index in [-0.39, 0.29) is 0 Å². The molecule has 0 aromatic heterocycles. The zero-order chi connectivity index (χ0) is 51.2. The van der Waals surface area contributed by atoms with Crippen LogP contribution in [0, 0.1) is 27.7 Å². The number of aryl methyl sites for hydroxylation is 4. The lowest BCUT2D eigenvalue weighted by molar-refractivity contribution is 0.00578. The summed E-state index contributed by atoms with van der Waals surface area (Å²) in [5.74, 6) is 0. The van der Waals surface area contributed by atoms with Crippen LogP contribution in [0.1, 0.15) is 99.9 Å².